The van der Waals surface area contributed by atoms with Gasteiger partial charge in [-0.25, -0.2) is 0 Å². The number of piperazine rings is 1. The lowest BCUT2D eigenvalue weighted by Crippen LogP contribution is -3.14. The number of carbonyl (C=O) groups is 1. The summed E-state index contributed by atoms with van der Waals surface area (Å²) in [4.78, 5) is 15.8. The Kier molecular flexibility index (Phi) is 5.73. The SMILES string of the molecule is CC[NH+]1CCN(C(=O)[C@@H](C)Oc2ccc(Cl)cc2Cl)CC1. The highest BCUT2D eigenvalue weighted by Crippen LogP contribution is 2.28. The second-order valence-electron chi connectivity index (χ2n) is 5.26. The highest BCUT2D eigenvalue weighted by molar-refractivity contribution is 6.35. The van der Waals surface area contributed by atoms with E-state index < -0.39 is 6.10 Å². The van der Waals surface area contributed by atoms with Crippen molar-refractivity contribution in [3.63, 3.8) is 0 Å². The van der Waals surface area contributed by atoms with E-state index in [1.807, 2.05) is 4.90 Å². The van der Waals surface area contributed by atoms with Gasteiger partial charge in [0.25, 0.3) is 5.91 Å². The van der Waals surface area contributed by atoms with Crippen LogP contribution in [0.5, 0.6) is 5.75 Å². The summed E-state index contributed by atoms with van der Waals surface area (Å²) >= 11 is 11.9. The zero-order chi connectivity index (χ0) is 15.4. The van der Waals surface area contributed by atoms with Crippen LogP contribution in [0, 0.1) is 0 Å². The number of nitrogens with zero attached hydrogens (tertiary/aromatic N) is 1. The Hall–Kier alpha value is -0.970. The van der Waals surface area contributed by atoms with Crippen molar-refractivity contribution in [3.8, 4) is 5.75 Å². The fourth-order valence-electron chi connectivity index (χ4n) is 2.47. The van der Waals surface area contributed by atoms with Gasteiger partial charge in [-0.15, -0.1) is 0 Å². The molecule has 1 amide bonds. The zero-order valence-electron chi connectivity index (χ0n) is 12.4. The Morgan fingerprint density at radius 1 is 1.38 bits per heavy atom. The predicted octanol–water partition coefficient (Wildman–Crippen LogP) is 1.51. The van der Waals surface area contributed by atoms with Crippen LogP contribution in [0.4, 0.5) is 0 Å². The smallest absolute Gasteiger partial charge is 0.263 e. The third kappa shape index (κ3) is 4.25. The van der Waals surface area contributed by atoms with Crippen LogP contribution in [0.15, 0.2) is 18.2 Å². The summed E-state index contributed by atoms with van der Waals surface area (Å²) in [6, 6.07) is 5.00. The first kappa shape index (κ1) is 16.4. The van der Waals surface area contributed by atoms with E-state index in [0.29, 0.717) is 15.8 Å². The molecule has 1 heterocycles. The van der Waals surface area contributed by atoms with Gasteiger partial charge >= 0.3 is 0 Å². The van der Waals surface area contributed by atoms with Gasteiger partial charge in [-0.2, -0.15) is 0 Å². The van der Waals surface area contributed by atoms with E-state index in [-0.39, 0.29) is 5.91 Å². The quantitative estimate of drug-likeness (QED) is 0.907. The fraction of sp³-hybridized carbons (Fsp3) is 0.533. The van der Waals surface area contributed by atoms with Crippen molar-refractivity contribution < 1.29 is 14.4 Å². The van der Waals surface area contributed by atoms with E-state index in [1.165, 1.54) is 4.90 Å². The minimum absolute atomic E-state index is 0.0103. The Bertz CT molecular complexity index is 502. The van der Waals surface area contributed by atoms with Gasteiger partial charge in [0.1, 0.15) is 5.75 Å². The second-order valence-corrected chi connectivity index (χ2v) is 6.11. The number of ether oxygens (including phenoxy) is 1. The van der Waals surface area contributed by atoms with Crippen LogP contribution in [0.3, 0.4) is 0 Å². The van der Waals surface area contributed by atoms with Gasteiger partial charge in [0.2, 0.25) is 0 Å². The van der Waals surface area contributed by atoms with Crippen molar-refractivity contribution in [3.05, 3.63) is 28.2 Å². The minimum atomic E-state index is -0.549. The summed E-state index contributed by atoms with van der Waals surface area (Å²) in [7, 11) is 0. The number of likely N-dealkylation sites (N-methyl/N-ethyl adjacent to an activating group) is 1. The molecule has 0 aromatic heterocycles. The molecule has 1 aromatic carbocycles. The maximum atomic E-state index is 12.4. The molecule has 2 rings (SSSR count). The number of hydrogen-bond donors (Lipinski definition) is 1. The van der Waals surface area contributed by atoms with Gasteiger partial charge in [0.05, 0.1) is 37.7 Å². The van der Waals surface area contributed by atoms with Crippen molar-refractivity contribution in [1.29, 1.82) is 0 Å². The van der Waals surface area contributed by atoms with Crippen LogP contribution < -0.4 is 9.64 Å². The average molecular weight is 332 g/mol. The van der Waals surface area contributed by atoms with E-state index in [2.05, 4.69) is 6.92 Å². The highest BCUT2D eigenvalue weighted by Gasteiger charge is 2.27. The summed E-state index contributed by atoms with van der Waals surface area (Å²) in [5.41, 5.74) is 0. The Morgan fingerprint density at radius 3 is 2.62 bits per heavy atom. The molecular formula is C15H21Cl2N2O2+. The first-order valence-corrected chi connectivity index (χ1v) is 8.01. The molecule has 0 bridgehead atoms. The van der Waals surface area contributed by atoms with Gasteiger partial charge in [0, 0.05) is 5.02 Å². The molecule has 1 aliphatic rings. The first-order valence-electron chi connectivity index (χ1n) is 7.25. The summed E-state index contributed by atoms with van der Waals surface area (Å²) in [6.07, 6.45) is -0.549. The summed E-state index contributed by atoms with van der Waals surface area (Å²) in [6.45, 7) is 8.59. The van der Waals surface area contributed by atoms with Crippen LogP contribution in [-0.2, 0) is 4.79 Å². The van der Waals surface area contributed by atoms with Crippen molar-refractivity contribution >= 4 is 29.1 Å². The summed E-state index contributed by atoms with van der Waals surface area (Å²) < 4.78 is 5.68. The molecule has 21 heavy (non-hydrogen) atoms. The second kappa shape index (κ2) is 7.34. The fourth-order valence-corrected chi connectivity index (χ4v) is 2.92. The van der Waals surface area contributed by atoms with E-state index in [1.54, 1.807) is 25.1 Å². The topological polar surface area (TPSA) is 34.0 Å². The van der Waals surface area contributed by atoms with Crippen LogP contribution in [0.1, 0.15) is 13.8 Å². The van der Waals surface area contributed by atoms with Crippen molar-refractivity contribution in [1.82, 2.24) is 4.90 Å². The number of carbonyl (C=O) groups excluding carboxylic acids is 1. The van der Waals surface area contributed by atoms with Crippen LogP contribution >= 0.6 is 23.2 Å². The maximum Gasteiger partial charge on any atom is 0.263 e. The average Bonchev–Trinajstić information content (AvgIpc) is 2.49. The molecule has 116 valence electrons. The third-order valence-electron chi connectivity index (χ3n) is 3.83. The molecule has 4 nitrogen and oxygen atoms in total. The summed E-state index contributed by atoms with van der Waals surface area (Å²) in [5, 5.41) is 0.965. The van der Waals surface area contributed by atoms with E-state index >= 15 is 0 Å². The van der Waals surface area contributed by atoms with Crippen LogP contribution in [0.2, 0.25) is 10.0 Å². The Balaban J connectivity index is 1.93. The van der Waals surface area contributed by atoms with Gasteiger partial charge in [-0.1, -0.05) is 23.2 Å². The minimum Gasteiger partial charge on any atom is -0.479 e. The molecule has 0 saturated carbocycles. The third-order valence-corrected chi connectivity index (χ3v) is 4.36. The predicted molar refractivity (Wildman–Crippen MR) is 84.4 cm³/mol. The molecule has 0 radical (unpaired) electrons. The van der Waals surface area contributed by atoms with Crippen LogP contribution in [0.25, 0.3) is 0 Å². The van der Waals surface area contributed by atoms with Crippen molar-refractivity contribution in [2.75, 3.05) is 32.7 Å². The monoisotopic (exact) mass is 331 g/mol. The molecule has 0 spiro atoms. The van der Waals surface area contributed by atoms with Crippen molar-refractivity contribution in [2.24, 2.45) is 0 Å². The number of nitrogens with one attached hydrogen (secondary N) is 1. The van der Waals surface area contributed by atoms with Gasteiger partial charge in [0.15, 0.2) is 6.10 Å². The molecule has 6 heteroatoms. The molecule has 0 aliphatic carbocycles. The summed E-state index contributed by atoms with van der Waals surface area (Å²) in [5.74, 6) is 0.496. The molecular weight excluding hydrogens is 311 g/mol. The van der Waals surface area contributed by atoms with E-state index in [0.717, 1.165) is 32.7 Å². The van der Waals surface area contributed by atoms with Gasteiger partial charge < -0.3 is 14.5 Å². The number of amides is 1. The van der Waals surface area contributed by atoms with Crippen LogP contribution in [-0.4, -0.2) is 49.6 Å². The molecule has 1 N–H and O–H groups in total. The van der Waals surface area contributed by atoms with Gasteiger partial charge in [-0.05, 0) is 32.0 Å². The number of rotatable bonds is 4. The lowest BCUT2D eigenvalue weighted by molar-refractivity contribution is -0.902. The first-order chi connectivity index (χ1) is 10.0. The molecule has 1 saturated heterocycles. The molecule has 1 aromatic rings. The molecule has 0 unspecified atom stereocenters. The Labute approximate surface area is 135 Å². The number of halogens is 2. The van der Waals surface area contributed by atoms with E-state index in [4.69, 9.17) is 27.9 Å². The lowest BCUT2D eigenvalue weighted by atomic mass is 10.2. The lowest BCUT2D eigenvalue weighted by Gasteiger charge is -2.33. The highest BCUT2D eigenvalue weighted by atomic mass is 35.5. The van der Waals surface area contributed by atoms with Gasteiger partial charge in [-0.3, -0.25) is 4.79 Å². The molecule has 1 atom stereocenters. The largest absolute Gasteiger partial charge is 0.479 e. The number of quaternary nitrogens is 1. The van der Waals surface area contributed by atoms with E-state index in [9.17, 15) is 4.79 Å². The Morgan fingerprint density at radius 2 is 2.05 bits per heavy atom. The van der Waals surface area contributed by atoms with Crippen molar-refractivity contribution in [2.45, 2.75) is 20.0 Å². The standard InChI is InChI=1S/C15H20Cl2N2O2/c1-3-18-6-8-19(9-7-18)15(20)11(2)21-14-5-4-12(16)10-13(14)17/h4-5,10-11H,3,6-9H2,1-2H3/p+1/t11-/m1/s1. The molecule has 1 aliphatic heterocycles. The zero-order valence-corrected chi connectivity index (χ0v) is 13.9. The number of benzene rings is 1. The number of hydrogen-bond acceptors (Lipinski definition) is 2. The normalized spacial score (nSPS) is 17.6. The maximum absolute atomic E-state index is 12.4. The molecule has 1 fully saturated rings.